The third kappa shape index (κ3) is 5.90. The normalized spacial score (nSPS) is 16.4. The second-order valence-electron chi connectivity index (χ2n) is 8.55. The van der Waals surface area contributed by atoms with E-state index in [1.165, 1.54) is 12.3 Å². The molecule has 0 amide bonds. The zero-order chi connectivity index (χ0) is 25.2. The Labute approximate surface area is 203 Å². The largest absolute Gasteiger partial charge is 0.609 e. The molecule has 1 saturated carbocycles. The molecule has 1 fully saturated rings. The minimum Gasteiger partial charge on any atom is -0.609 e. The van der Waals surface area contributed by atoms with Crippen LogP contribution in [0.25, 0.3) is 11.0 Å². The lowest BCUT2D eigenvalue weighted by atomic mass is 10.1. The molecule has 0 aliphatic heterocycles. The summed E-state index contributed by atoms with van der Waals surface area (Å²) in [7, 11) is 0. The van der Waals surface area contributed by atoms with Crippen molar-refractivity contribution in [1.82, 2.24) is 14.5 Å². The summed E-state index contributed by atoms with van der Waals surface area (Å²) in [6.45, 7) is 1.84. The molecular weight excluding hydrogens is 483 g/mol. The average Bonchev–Trinajstić information content (AvgIpc) is 3.47. The van der Waals surface area contributed by atoms with Crippen molar-refractivity contribution in [2.24, 2.45) is 5.92 Å². The molecule has 1 aromatic carbocycles. The van der Waals surface area contributed by atoms with E-state index < -0.39 is 30.2 Å². The molecule has 2 aromatic heterocycles. The van der Waals surface area contributed by atoms with Crippen molar-refractivity contribution < 1.29 is 32.0 Å². The number of rotatable bonds is 8. The molecule has 4 rings (SSSR count). The van der Waals surface area contributed by atoms with Crippen LogP contribution in [0.5, 0.6) is 5.75 Å². The van der Waals surface area contributed by atoms with Gasteiger partial charge in [0.15, 0.2) is 18.6 Å². The fraction of sp³-hybridized carbons (Fsp3) is 0.458. The Hall–Kier alpha value is -2.79. The molecule has 11 heteroatoms. The Kier molecular flexibility index (Phi) is 7.56. The van der Waals surface area contributed by atoms with Crippen LogP contribution in [0.3, 0.4) is 0 Å². The molecule has 0 saturated heterocycles. The van der Waals surface area contributed by atoms with Gasteiger partial charge in [-0.1, -0.05) is 25.0 Å². The highest BCUT2D eigenvalue weighted by molar-refractivity contribution is 7.90. The van der Waals surface area contributed by atoms with E-state index in [1.54, 1.807) is 36.6 Å². The van der Waals surface area contributed by atoms with Crippen LogP contribution >= 0.6 is 0 Å². The number of fused-ring (bicyclic) bond motifs is 1. The van der Waals surface area contributed by atoms with E-state index in [0.29, 0.717) is 22.3 Å². The second-order valence-corrected chi connectivity index (χ2v) is 9.89. The summed E-state index contributed by atoms with van der Waals surface area (Å²) in [5.41, 5.74) is 1.95. The number of esters is 1. The van der Waals surface area contributed by atoms with Crippen LogP contribution in [0.1, 0.15) is 50.1 Å². The zero-order valence-corrected chi connectivity index (χ0v) is 20.2. The number of halogens is 3. The zero-order valence-electron chi connectivity index (χ0n) is 19.4. The van der Waals surface area contributed by atoms with Crippen LogP contribution < -0.4 is 4.74 Å². The Bertz CT molecular complexity index is 1190. The first-order valence-corrected chi connectivity index (χ1v) is 12.7. The number of hydrogen-bond acceptors (Lipinski definition) is 6. The van der Waals surface area contributed by atoms with Crippen molar-refractivity contribution in [3.63, 3.8) is 0 Å². The van der Waals surface area contributed by atoms with E-state index in [0.717, 1.165) is 25.7 Å². The Morgan fingerprint density at radius 2 is 1.97 bits per heavy atom. The molecule has 0 radical (unpaired) electrons. The van der Waals surface area contributed by atoms with Crippen LogP contribution in [0.15, 0.2) is 41.7 Å². The minimum absolute atomic E-state index is 0.0247. The number of nitrogens with zero attached hydrogens (tertiary/aromatic N) is 3. The molecule has 7 nitrogen and oxygen atoms in total. The monoisotopic (exact) mass is 509 g/mol. The second kappa shape index (κ2) is 10.4. The van der Waals surface area contributed by atoms with Crippen molar-refractivity contribution in [1.29, 1.82) is 0 Å². The van der Waals surface area contributed by atoms with Gasteiger partial charge < -0.3 is 14.0 Å². The smallest absolute Gasteiger partial charge is 0.422 e. The highest BCUT2D eigenvalue weighted by atomic mass is 32.2. The van der Waals surface area contributed by atoms with Crippen LogP contribution in [0, 0.1) is 12.8 Å². The van der Waals surface area contributed by atoms with Crippen molar-refractivity contribution in [3.05, 3.63) is 47.8 Å². The molecule has 188 valence electrons. The predicted octanol–water partition coefficient (Wildman–Crippen LogP) is 5.24. The number of imidazole rings is 1. The first-order chi connectivity index (χ1) is 16.6. The van der Waals surface area contributed by atoms with Crippen molar-refractivity contribution in [2.45, 2.75) is 62.8 Å². The van der Waals surface area contributed by atoms with E-state index in [2.05, 4.69) is 9.97 Å². The van der Waals surface area contributed by atoms with Crippen molar-refractivity contribution in [3.8, 4) is 5.75 Å². The third-order valence-electron chi connectivity index (χ3n) is 6.02. The number of hydrogen-bond donors (Lipinski definition) is 0. The SMILES string of the molecule is Cc1c(OCC(F)(F)F)ccnc1C[S+]([O-])c1nc2ccccc2n1C(C)OC(=O)C1CCCC1. The maximum Gasteiger partial charge on any atom is 0.422 e. The van der Waals surface area contributed by atoms with Crippen molar-refractivity contribution in [2.75, 3.05) is 6.61 Å². The maximum absolute atomic E-state index is 13.5. The lowest BCUT2D eigenvalue weighted by molar-refractivity contribution is -0.157. The van der Waals surface area contributed by atoms with E-state index >= 15 is 0 Å². The van der Waals surface area contributed by atoms with Gasteiger partial charge in [-0.05, 0) is 44.9 Å². The first kappa shape index (κ1) is 25.3. The number of pyridine rings is 1. The first-order valence-electron chi connectivity index (χ1n) is 11.3. The standard InChI is InChI=1S/C24H26F3N3O4S/c1-15-19(28-12-11-21(15)33-14-24(25,26)27)13-35(32)23-29-18-9-5-6-10-20(18)30(23)16(2)34-22(31)17-7-3-4-8-17/h5-6,9-12,16-17H,3-4,7-8,13-14H2,1-2H3. The summed E-state index contributed by atoms with van der Waals surface area (Å²) >= 11 is -1.74. The molecule has 2 atom stereocenters. The van der Waals surface area contributed by atoms with Gasteiger partial charge in [0.2, 0.25) is 0 Å². The van der Waals surface area contributed by atoms with Gasteiger partial charge in [0.25, 0.3) is 0 Å². The van der Waals surface area contributed by atoms with Gasteiger partial charge in [-0.2, -0.15) is 18.2 Å². The maximum atomic E-state index is 13.5. The van der Waals surface area contributed by atoms with E-state index in [4.69, 9.17) is 9.47 Å². The quantitative estimate of drug-likeness (QED) is 0.305. The van der Waals surface area contributed by atoms with Gasteiger partial charge >= 0.3 is 17.3 Å². The summed E-state index contributed by atoms with van der Waals surface area (Å²) in [5, 5.41) is 0.195. The van der Waals surface area contributed by atoms with Crippen LogP contribution in [-0.2, 0) is 26.5 Å². The van der Waals surface area contributed by atoms with Gasteiger partial charge in [0.1, 0.15) is 5.75 Å². The highest BCUT2D eigenvalue weighted by Crippen LogP contribution is 2.31. The summed E-state index contributed by atoms with van der Waals surface area (Å²) in [6.07, 6.45) is -0.315. The highest BCUT2D eigenvalue weighted by Gasteiger charge is 2.32. The van der Waals surface area contributed by atoms with Gasteiger partial charge in [0.05, 0.1) is 22.6 Å². The minimum atomic E-state index is -4.48. The number of aromatic nitrogens is 3. The lowest BCUT2D eigenvalue weighted by Gasteiger charge is -2.20. The molecule has 0 bridgehead atoms. The third-order valence-corrected chi connectivity index (χ3v) is 7.25. The van der Waals surface area contributed by atoms with Crippen LogP contribution in [0.2, 0.25) is 0 Å². The Morgan fingerprint density at radius 3 is 2.69 bits per heavy atom. The van der Waals surface area contributed by atoms with E-state index in [9.17, 15) is 22.5 Å². The summed E-state index contributed by atoms with van der Waals surface area (Å²) < 4.78 is 63.5. The number of benzene rings is 1. The number of alkyl halides is 3. The molecule has 1 aliphatic rings. The molecule has 35 heavy (non-hydrogen) atoms. The summed E-state index contributed by atoms with van der Waals surface area (Å²) in [5.74, 6) is -0.484. The molecule has 1 aliphatic carbocycles. The number of para-hydroxylation sites is 2. The Balaban J connectivity index is 1.59. The number of carbonyl (C=O) groups excluding carboxylic acids is 1. The molecule has 0 spiro atoms. The number of ether oxygens (including phenoxy) is 2. The van der Waals surface area contributed by atoms with Crippen LogP contribution in [0.4, 0.5) is 13.2 Å². The van der Waals surface area contributed by atoms with Gasteiger partial charge in [0, 0.05) is 22.9 Å². The topological polar surface area (TPSA) is 89.3 Å². The molecule has 2 unspecified atom stereocenters. The summed E-state index contributed by atoms with van der Waals surface area (Å²) in [4.78, 5) is 21.4. The predicted molar refractivity (Wildman–Crippen MR) is 123 cm³/mol. The van der Waals surface area contributed by atoms with E-state index in [1.807, 2.05) is 6.07 Å². The van der Waals surface area contributed by atoms with Gasteiger partial charge in [-0.25, -0.2) is 4.57 Å². The molecule has 2 heterocycles. The Morgan fingerprint density at radius 1 is 1.26 bits per heavy atom. The molecule has 0 N–H and O–H groups in total. The number of carbonyl (C=O) groups is 1. The van der Waals surface area contributed by atoms with Crippen LogP contribution in [-0.4, -0.2) is 37.8 Å². The average molecular weight is 510 g/mol. The fourth-order valence-electron chi connectivity index (χ4n) is 4.22. The van der Waals surface area contributed by atoms with Gasteiger partial charge in [-0.3, -0.25) is 9.78 Å². The van der Waals surface area contributed by atoms with Crippen molar-refractivity contribution >= 4 is 28.2 Å². The fourth-order valence-corrected chi connectivity index (χ4v) is 5.56. The summed E-state index contributed by atoms with van der Waals surface area (Å²) in [6, 6.07) is 8.53. The van der Waals surface area contributed by atoms with Gasteiger partial charge in [-0.15, -0.1) is 0 Å². The molecular formula is C24H26F3N3O4S. The van der Waals surface area contributed by atoms with E-state index in [-0.39, 0.29) is 28.5 Å². The molecule has 3 aromatic rings. The lowest BCUT2D eigenvalue weighted by Crippen LogP contribution is -2.23.